The van der Waals surface area contributed by atoms with Crippen molar-refractivity contribution in [3.05, 3.63) is 0 Å². The van der Waals surface area contributed by atoms with Gasteiger partial charge in [-0.25, -0.2) is 0 Å². The molecule has 82 valence electrons. The zero-order chi connectivity index (χ0) is 10.6. The van der Waals surface area contributed by atoms with E-state index in [9.17, 15) is 4.79 Å². The summed E-state index contributed by atoms with van der Waals surface area (Å²) in [6, 6.07) is 0.410. The van der Waals surface area contributed by atoms with Gasteiger partial charge in [0.15, 0.2) is 0 Å². The molecule has 0 radical (unpaired) electrons. The van der Waals surface area contributed by atoms with Crippen LogP contribution in [-0.2, 0) is 4.79 Å². The molecule has 14 heavy (non-hydrogen) atoms. The number of nitrogens with zero attached hydrogens (tertiary/aromatic N) is 1. The van der Waals surface area contributed by atoms with Crippen molar-refractivity contribution in [1.29, 1.82) is 0 Å². The highest BCUT2D eigenvalue weighted by atomic mass is 16.2. The minimum Gasteiger partial charge on any atom is -0.358 e. The zero-order valence-corrected chi connectivity index (χ0v) is 9.12. The Balaban J connectivity index is 2.62. The molecule has 0 spiro atoms. The summed E-state index contributed by atoms with van der Waals surface area (Å²) >= 11 is 0. The SMILES string of the molecule is CCC(CN)N1CCCC1C(=O)NC. The number of carbonyl (C=O) groups is 1. The molecule has 1 rings (SSSR count). The summed E-state index contributed by atoms with van der Waals surface area (Å²) in [4.78, 5) is 13.8. The average Bonchev–Trinajstić information content (AvgIpc) is 2.68. The number of carbonyl (C=O) groups excluding carboxylic acids is 1. The van der Waals surface area contributed by atoms with Gasteiger partial charge in [-0.1, -0.05) is 6.92 Å². The highest BCUT2D eigenvalue weighted by Crippen LogP contribution is 2.21. The summed E-state index contributed by atoms with van der Waals surface area (Å²) in [6.07, 6.45) is 3.09. The molecule has 0 aromatic heterocycles. The van der Waals surface area contributed by atoms with Crippen molar-refractivity contribution in [3.8, 4) is 0 Å². The van der Waals surface area contributed by atoms with E-state index in [0.29, 0.717) is 12.6 Å². The molecule has 4 nitrogen and oxygen atoms in total. The molecule has 3 N–H and O–H groups in total. The maximum absolute atomic E-state index is 11.6. The van der Waals surface area contributed by atoms with E-state index in [1.807, 2.05) is 0 Å². The molecular weight excluding hydrogens is 178 g/mol. The fourth-order valence-electron chi connectivity index (χ4n) is 2.21. The lowest BCUT2D eigenvalue weighted by Crippen LogP contribution is -2.49. The number of likely N-dealkylation sites (tertiary alicyclic amines) is 1. The summed E-state index contributed by atoms with van der Waals surface area (Å²) in [5.74, 6) is 0.134. The van der Waals surface area contributed by atoms with Crippen LogP contribution in [0, 0.1) is 0 Å². The quantitative estimate of drug-likeness (QED) is 0.666. The van der Waals surface area contributed by atoms with Crippen LogP contribution < -0.4 is 11.1 Å². The molecule has 1 heterocycles. The molecule has 1 fully saturated rings. The van der Waals surface area contributed by atoms with E-state index in [2.05, 4.69) is 17.1 Å². The minimum absolute atomic E-state index is 0.0495. The monoisotopic (exact) mass is 199 g/mol. The minimum atomic E-state index is 0.0495. The van der Waals surface area contributed by atoms with Crippen LogP contribution in [0.15, 0.2) is 0 Å². The van der Waals surface area contributed by atoms with E-state index in [1.54, 1.807) is 7.05 Å². The van der Waals surface area contributed by atoms with Gasteiger partial charge in [0.05, 0.1) is 6.04 Å². The Morgan fingerprint density at radius 3 is 2.93 bits per heavy atom. The van der Waals surface area contributed by atoms with Crippen molar-refractivity contribution in [2.45, 2.75) is 38.3 Å². The summed E-state index contributed by atoms with van der Waals surface area (Å²) in [7, 11) is 1.70. The van der Waals surface area contributed by atoms with Gasteiger partial charge in [-0.3, -0.25) is 9.69 Å². The molecule has 1 amide bonds. The van der Waals surface area contributed by atoms with Gasteiger partial charge in [0, 0.05) is 19.6 Å². The summed E-state index contributed by atoms with van der Waals surface area (Å²) in [6.45, 7) is 3.77. The second-order valence-corrected chi connectivity index (χ2v) is 3.81. The standard InChI is InChI=1S/C10H21N3O/c1-3-8(7-11)13-6-4-5-9(13)10(14)12-2/h8-9H,3-7,11H2,1-2H3,(H,12,14). The Labute approximate surface area is 85.8 Å². The van der Waals surface area contributed by atoms with Gasteiger partial charge in [0.1, 0.15) is 0 Å². The van der Waals surface area contributed by atoms with Crippen molar-refractivity contribution < 1.29 is 4.79 Å². The fourth-order valence-corrected chi connectivity index (χ4v) is 2.21. The number of nitrogens with two attached hydrogens (primary N) is 1. The topological polar surface area (TPSA) is 58.4 Å². The Morgan fingerprint density at radius 1 is 1.71 bits per heavy atom. The van der Waals surface area contributed by atoms with Crippen LogP contribution >= 0.6 is 0 Å². The second kappa shape index (κ2) is 5.32. The van der Waals surface area contributed by atoms with Gasteiger partial charge in [-0.05, 0) is 25.8 Å². The fraction of sp³-hybridized carbons (Fsp3) is 0.900. The third-order valence-electron chi connectivity index (χ3n) is 3.06. The van der Waals surface area contributed by atoms with Crippen LogP contribution in [0.25, 0.3) is 0 Å². The van der Waals surface area contributed by atoms with E-state index in [4.69, 9.17) is 5.73 Å². The van der Waals surface area contributed by atoms with Gasteiger partial charge >= 0.3 is 0 Å². The number of nitrogens with one attached hydrogen (secondary N) is 1. The van der Waals surface area contributed by atoms with Crippen molar-refractivity contribution >= 4 is 5.91 Å². The Morgan fingerprint density at radius 2 is 2.43 bits per heavy atom. The Hall–Kier alpha value is -0.610. The lowest BCUT2D eigenvalue weighted by Gasteiger charge is -2.30. The number of amides is 1. The highest BCUT2D eigenvalue weighted by Gasteiger charge is 2.33. The van der Waals surface area contributed by atoms with Gasteiger partial charge in [0.25, 0.3) is 0 Å². The van der Waals surface area contributed by atoms with Gasteiger partial charge in [-0.2, -0.15) is 0 Å². The van der Waals surface area contributed by atoms with Crippen LogP contribution in [-0.4, -0.2) is 43.0 Å². The van der Waals surface area contributed by atoms with E-state index in [1.165, 1.54) is 0 Å². The number of hydrogen-bond donors (Lipinski definition) is 2. The molecule has 0 aromatic carbocycles. The van der Waals surface area contributed by atoms with Crippen LogP contribution in [0.1, 0.15) is 26.2 Å². The molecule has 4 heteroatoms. The molecule has 2 atom stereocenters. The molecule has 1 aliphatic heterocycles. The third-order valence-corrected chi connectivity index (χ3v) is 3.06. The molecule has 2 unspecified atom stereocenters. The maximum Gasteiger partial charge on any atom is 0.237 e. The normalized spacial score (nSPS) is 24.9. The van der Waals surface area contributed by atoms with Gasteiger partial charge < -0.3 is 11.1 Å². The summed E-state index contributed by atoms with van der Waals surface area (Å²) in [5.41, 5.74) is 5.69. The van der Waals surface area contributed by atoms with Crippen molar-refractivity contribution in [3.63, 3.8) is 0 Å². The predicted molar refractivity (Wildman–Crippen MR) is 56.9 cm³/mol. The number of likely N-dealkylation sites (N-methyl/N-ethyl adjacent to an activating group) is 1. The van der Waals surface area contributed by atoms with E-state index >= 15 is 0 Å². The zero-order valence-electron chi connectivity index (χ0n) is 9.12. The van der Waals surface area contributed by atoms with Crippen molar-refractivity contribution in [1.82, 2.24) is 10.2 Å². The van der Waals surface area contributed by atoms with Crippen LogP contribution in [0.5, 0.6) is 0 Å². The second-order valence-electron chi connectivity index (χ2n) is 3.81. The number of hydrogen-bond acceptors (Lipinski definition) is 3. The highest BCUT2D eigenvalue weighted by molar-refractivity contribution is 5.81. The van der Waals surface area contributed by atoms with Gasteiger partial charge in [-0.15, -0.1) is 0 Å². The average molecular weight is 199 g/mol. The van der Waals surface area contributed by atoms with E-state index < -0.39 is 0 Å². The van der Waals surface area contributed by atoms with Crippen LogP contribution in [0.2, 0.25) is 0 Å². The Kier molecular flexibility index (Phi) is 4.35. The molecule has 1 saturated heterocycles. The Bertz CT molecular complexity index is 192. The lowest BCUT2D eigenvalue weighted by molar-refractivity contribution is -0.125. The first kappa shape index (κ1) is 11.5. The molecular formula is C10H21N3O. The molecule has 0 saturated carbocycles. The van der Waals surface area contributed by atoms with Crippen molar-refractivity contribution in [2.75, 3.05) is 20.1 Å². The smallest absolute Gasteiger partial charge is 0.237 e. The summed E-state index contributed by atoms with van der Waals surface area (Å²) < 4.78 is 0. The lowest BCUT2D eigenvalue weighted by atomic mass is 10.1. The molecule has 0 aliphatic carbocycles. The predicted octanol–water partition coefficient (Wildman–Crippen LogP) is -0.0659. The molecule has 0 aromatic rings. The maximum atomic E-state index is 11.6. The number of rotatable bonds is 4. The summed E-state index contributed by atoms with van der Waals surface area (Å²) in [5, 5.41) is 2.72. The third kappa shape index (κ3) is 2.25. The van der Waals surface area contributed by atoms with E-state index in [0.717, 1.165) is 25.8 Å². The van der Waals surface area contributed by atoms with Crippen LogP contribution in [0.3, 0.4) is 0 Å². The largest absolute Gasteiger partial charge is 0.358 e. The molecule has 1 aliphatic rings. The first-order chi connectivity index (χ1) is 6.74. The first-order valence-corrected chi connectivity index (χ1v) is 5.42. The van der Waals surface area contributed by atoms with Crippen LogP contribution in [0.4, 0.5) is 0 Å². The van der Waals surface area contributed by atoms with Crippen molar-refractivity contribution in [2.24, 2.45) is 5.73 Å². The molecule has 0 bridgehead atoms. The first-order valence-electron chi connectivity index (χ1n) is 5.42. The van der Waals surface area contributed by atoms with E-state index in [-0.39, 0.29) is 11.9 Å². The van der Waals surface area contributed by atoms with Gasteiger partial charge in [0.2, 0.25) is 5.91 Å².